The van der Waals surface area contributed by atoms with Crippen molar-refractivity contribution >= 4 is 40.5 Å². The average molecular weight is 464 g/mol. The summed E-state index contributed by atoms with van der Waals surface area (Å²) in [5.41, 5.74) is 0.125. The predicted molar refractivity (Wildman–Crippen MR) is 106 cm³/mol. The number of amides is 1. The summed E-state index contributed by atoms with van der Waals surface area (Å²) in [7, 11) is 0. The summed E-state index contributed by atoms with van der Waals surface area (Å²) in [6.45, 7) is 1.88. The quantitative estimate of drug-likeness (QED) is 0.314. The number of nitrogens with one attached hydrogen (secondary N) is 1. The van der Waals surface area contributed by atoms with Gasteiger partial charge < -0.3 is 9.80 Å². The van der Waals surface area contributed by atoms with Crippen molar-refractivity contribution in [1.29, 1.82) is 0 Å². The Morgan fingerprint density at radius 2 is 1.50 bits per heavy atom. The number of carbonyl (C=O) groups is 1. The fraction of sp³-hybridized carbons (Fsp3) is 0.263. The minimum atomic E-state index is -2.20. The van der Waals surface area contributed by atoms with Gasteiger partial charge in [-0.05, 0) is 36.8 Å². The molecule has 2 aromatic carbocycles. The molecule has 3 rings (SSSR count). The summed E-state index contributed by atoms with van der Waals surface area (Å²) in [6.07, 6.45) is 0. The Labute approximate surface area is 179 Å². The number of nitrogens with zero attached hydrogens (tertiary/aromatic N) is 2. The number of hydrogen-bond acceptors (Lipinski definition) is 3. The molecule has 160 valence electrons. The van der Waals surface area contributed by atoms with Gasteiger partial charge in [-0.2, -0.15) is 0 Å². The van der Waals surface area contributed by atoms with E-state index in [9.17, 15) is 26.7 Å². The Bertz CT molecular complexity index is 999. The van der Waals surface area contributed by atoms with Gasteiger partial charge in [0.2, 0.25) is 5.82 Å². The van der Waals surface area contributed by atoms with Crippen molar-refractivity contribution in [2.24, 2.45) is 0 Å². The van der Waals surface area contributed by atoms with E-state index in [0.717, 1.165) is 10.5 Å². The van der Waals surface area contributed by atoms with Gasteiger partial charge in [0, 0.05) is 26.2 Å². The lowest BCUT2D eigenvalue weighted by Gasteiger charge is -2.37. The second-order valence-corrected chi connectivity index (χ2v) is 7.43. The molecular formula is C19H15ClF5N3OS. The van der Waals surface area contributed by atoms with E-state index in [0.29, 0.717) is 0 Å². The zero-order valence-corrected chi connectivity index (χ0v) is 17.1. The van der Waals surface area contributed by atoms with Gasteiger partial charge in [0.1, 0.15) is 5.69 Å². The van der Waals surface area contributed by atoms with Crippen LogP contribution in [0.4, 0.5) is 27.6 Å². The van der Waals surface area contributed by atoms with E-state index in [4.69, 9.17) is 23.8 Å². The van der Waals surface area contributed by atoms with E-state index in [1.807, 2.05) is 6.92 Å². The lowest BCUT2D eigenvalue weighted by atomic mass is 10.1. The second-order valence-electron chi connectivity index (χ2n) is 6.64. The van der Waals surface area contributed by atoms with Crippen LogP contribution in [0.15, 0.2) is 18.2 Å². The van der Waals surface area contributed by atoms with Crippen LogP contribution in [0.3, 0.4) is 0 Å². The fourth-order valence-corrected chi connectivity index (χ4v) is 3.65. The minimum absolute atomic E-state index is 0.0636. The Morgan fingerprint density at radius 3 is 2.03 bits per heavy atom. The van der Waals surface area contributed by atoms with Gasteiger partial charge in [-0.3, -0.25) is 10.1 Å². The predicted octanol–water partition coefficient (Wildman–Crippen LogP) is 4.18. The SMILES string of the molecule is Cc1ccc(C(=O)NC(=S)N2CCN(c3c(F)c(F)c(F)c(F)c3F)CC2)c(Cl)c1. The molecule has 0 spiro atoms. The van der Waals surface area contributed by atoms with Crippen LogP contribution in [0.25, 0.3) is 0 Å². The Balaban J connectivity index is 1.67. The maximum absolute atomic E-state index is 14.0. The molecule has 0 unspecified atom stereocenters. The number of rotatable bonds is 2. The number of halogens is 6. The number of anilines is 1. The molecular weight excluding hydrogens is 449 g/mol. The fourth-order valence-electron chi connectivity index (χ4n) is 3.05. The molecule has 1 fully saturated rings. The normalized spacial score (nSPS) is 14.1. The van der Waals surface area contributed by atoms with Crippen molar-refractivity contribution in [2.75, 3.05) is 31.1 Å². The van der Waals surface area contributed by atoms with Gasteiger partial charge >= 0.3 is 0 Å². The van der Waals surface area contributed by atoms with E-state index in [-0.39, 0.29) is 41.9 Å². The monoisotopic (exact) mass is 463 g/mol. The molecule has 30 heavy (non-hydrogen) atoms. The van der Waals surface area contributed by atoms with Crippen molar-refractivity contribution in [3.63, 3.8) is 0 Å². The molecule has 1 amide bonds. The maximum Gasteiger partial charge on any atom is 0.258 e. The molecule has 1 aliphatic rings. The van der Waals surface area contributed by atoms with Gasteiger partial charge in [-0.15, -0.1) is 0 Å². The number of aryl methyl sites for hydroxylation is 1. The number of thiocarbonyl (C=S) groups is 1. The highest BCUT2D eigenvalue weighted by Crippen LogP contribution is 2.30. The van der Waals surface area contributed by atoms with Crippen molar-refractivity contribution in [1.82, 2.24) is 10.2 Å². The third-order valence-electron chi connectivity index (χ3n) is 4.66. The summed E-state index contributed by atoms with van der Waals surface area (Å²) in [6, 6.07) is 4.89. The van der Waals surface area contributed by atoms with E-state index in [2.05, 4.69) is 5.32 Å². The van der Waals surface area contributed by atoms with E-state index >= 15 is 0 Å². The number of benzene rings is 2. The first-order chi connectivity index (χ1) is 14.1. The summed E-state index contributed by atoms with van der Waals surface area (Å²) < 4.78 is 68.1. The topological polar surface area (TPSA) is 35.6 Å². The summed E-state index contributed by atoms with van der Waals surface area (Å²) in [5.74, 6) is -10.5. The van der Waals surface area contributed by atoms with Gasteiger partial charge in [0.15, 0.2) is 28.4 Å². The third kappa shape index (κ3) is 4.20. The molecule has 1 heterocycles. The molecule has 0 aliphatic carbocycles. The molecule has 1 N–H and O–H groups in total. The first-order valence-corrected chi connectivity index (χ1v) is 9.53. The molecule has 0 atom stereocenters. The zero-order valence-electron chi connectivity index (χ0n) is 15.5. The number of carbonyl (C=O) groups excluding carboxylic acids is 1. The van der Waals surface area contributed by atoms with E-state index in [1.54, 1.807) is 23.1 Å². The number of piperazine rings is 1. The van der Waals surface area contributed by atoms with E-state index in [1.165, 1.54) is 0 Å². The van der Waals surface area contributed by atoms with Crippen molar-refractivity contribution in [2.45, 2.75) is 6.92 Å². The maximum atomic E-state index is 14.0. The lowest BCUT2D eigenvalue weighted by molar-refractivity contribution is 0.0973. The first-order valence-electron chi connectivity index (χ1n) is 8.74. The van der Waals surface area contributed by atoms with Gasteiger partial charge in [-0.1, -0.05) is 17.7 Å². The van der Waals surface area contributed by atoms with Crippen LogP contribution in [0.2, 0.25) is 5.02 Å². The summed E-state index contributed by atoms with van der Waals surface area (Å²) >= 11 is 11.3. The molecule has 0 bridgehead atoms. The molecule has 11 heteroatoms. The Morgan fingerprint density at radius 1 is 0.967 bits per heavy atom. The minimum Gasteiger partial charge on any atom is -0.363 e. The molecule has 2 aromatic rings. The average Bonchev–Trinajstić information content (AvgIpc) is 2.71. The van der Waals surface area contributed by atoms with Crippen LogP contribution >= 0.6 is 23.8 Å². The summed E-state index contributed by atoms with van der Waals surface area (Å²) in [4.78, 5) is 15.0. The molecule has 1 aliphatic heterocycles. The van der Waals surface area contributed by atoms with Crippen molar-refractivity contribution in [3.8, 4) is 0 Å². The standard InChI is InChI=1S/C19H15ClF5N3OS/c1-9-2-3-10(11(20)8-9)18(29)26-19(30)28-6-4-27(5-7-28)17-15(24)13(22)12(21)14(23)16(17)25/h2-3,8H,4-7H2,1H3,(H,26,29,30). The highest BCUT2D eigenvalue weighted by molar-refractivity contribution is 7.80. The highest BCUT2D eigenvalue weighted by atomic mass is 35.5. The van der Waals surface area contributed by atoms with Crippen LogP contribution in [0, 0.1) is 36.0 Å². The first kappa shape index (κ1) is 22.2. The zero-order chi connectivity index (χ0) is 22.2. The van der Waals surface area contributed by atoms with Crippen molar-refractivity contribution in [3.05, 3.63) is 63.4 Å². The van der Waals surface area contributed by atoms with Crippen LogP contribution in [-0.4, -0.2) is 42.1 Å². The number of hydrogen-bond donors (Lipinski definition) is 1. The molecule has 0 saturated carbocycles. The van der Waals surface area contributed by atoms with Crippen LogP contribution in [0.1, 0.15) is 15.9 Å². The van der Waals surface area contributed by atoms with Gasteiger partial charge in [0.05, 0.1) is 10.6 Å². The molecule has 1 saturated heterocycles. The van der Waals surface area contributed by atoms with Gasteiger partial charge in [-0.25, -0.2) is 22.0 Å². The Kier molecular flexibility index (Phi) is 6.47. The molecule has 4 nitrogen and oxygen atoms in total. The molecule has 0 radical (unpaired) electrons. The molecule has 0 aromatic heterocycles. The van der Waals surface area contributed by atoms with E-state index < -0.39 is 40.7 Å². The summed E-state index contributed by atoms with van der Waals surface area (Å²) in [5, 5.41) is 2.85. The van der Waals surface area contributed by atoms with Crippen LogP contribution < -0.4 is 10.2 Å². The second kappa shape index (κ2) is 8.73. The van der Waals surface area contributed by atoms with Crippen LogP contribution in [0.5, 0.6) is 0 Å². The highest BCUT2D eigenvalue weighted by Gasteiger charge is 2.31. The lowest BCUT2D eigenvalue weighted by Crippen LogP contribution is -2.53. The smallest absolute Gasteiger partial charge is 0.258 e. The third-order valence-corrected chi connectivity index (χ3v) is 5.33. The van der Waals surface area contributed by atoms with Crippen molar-refractivity contribution < 1.29 is 26.7 Å². The largest absolute Gasteiger partial charge is 0.363 e. The van der Waals surface area contributed by atoms with Crippen LogP contribution in [-0.2, 0) is 0 Å². The van der Waals surface area contributed by atoms with Gasteiger partial charge in [0.25, 0.3) is 5.91 Å². The Hall–Kier alpha value is -2.46.